The number of anilines is 1. The average molecular weight is 345 g/mol. The van der Waals surface area contributed by atoms with Crippen molar-refractivity contribution in [3.05, 3.63) is 59.9 Å². The molecule has 2 heterocycles. The summed E-state index contributed by atoms with van der Waals surface area (Å²) < 4.78 is 26.6. The molecule has 7 heteroatoms. The molecular weight excluding hydrogens is 328 g/mol. The minimum absolute atomic E-state index is 0.0481. The Hall–Kier alpha value is -2.83. The van der Waals surface area contributed by atoms with E-state index in [4.69, 9.17) is 0 Å². The second-order valence-electron chi connectivity index (χ2n) is 5.94. The standard InChI is InChI=1S/C18H17F2N3O2/c19-14-5-3-12(4-6-14)17(24)13-2-1-9-23(11-13)18(25)22-16-7-8-21-10-15(16)20/h3-8,10,13H,1-2,9,11H2,(H,21,22,25)/t13-/m1/s1. The Kier molecular flexibility index (Phi) is 5.02. The van der Waals surface area contributed by atoms with Gasteiger partial charge in [0.15, 0.2) is 11.6 Å². The maximum Gasteiger partial charge on any atom is 0.321 e. The zero-order chi connectivity index (χ0) is 17.8. The summed E-state index contributed by atoms with van der Waals surface area (Å²) in [5.74, 6) is -1.49. The molecule has 0 aliphatic carbocycles. The van der Waals surface area contributed by atoms with Crippen molar-refractivity contribution in [2.75, 3.05) is 18.4 Å². The number of hydrogen-bond donors (Lipinski definition) is 1. The summed E-state index contributed by atoms with van der Waals surface area (Å²) in [5.41, 5.74) is 0.473. The second kappa shape index (κ2) is 7.38. The van der Waals surface area contributed by atoms with Gasteiger partial charge in [-0.3, -0.25) is 9.78 Å². The number of hydrogen-bond acceptors (Lipinski definition) is 3. The molecule has 5 nitrogen and oxygen atoms in total. The van der Waals surface area contributed by atoms with Gasteiger partial charge >= 0.3 is 6.03 Å². The maximum absolute atomic E-state index is 13.6. The quantitative estimate of drug-likeness (QED) is 0.866. The molecule has 1 aromatic heterocycles. The molecule has 1 aliphatic heterocycles. The van der Waals surface area contributed by atoms with Gasteiger partial charge in [0.1, 0.15) is 5.82 Å². The molecule has 1 N–H and O–H groups in total. The van der Waals surface area contributed by atoms with Crippen LogP contribution in [0.3, 0.4) is 0 Å². The Morgan fingerprint density at radius 3 is 2.64 bits per heavy atom. The highest BCUT2D eigenvalue weighted by molar-refractivity contribution is 5.98. The molecule has 3 rings (SSSR count). The van der Waals surface area contributed by atoms with Gasteiger partial charge in [-0.05, 0) is 43.2 Å². The summed E-state index contributed by atoms with van der Waals surface area (Å²) in [4.78, 5) is 30.0. The van der Waals surface area contributed by atoms with E-state index in [0.717, 1.165) is 6.20 Å². The van der Waals surface area contributed by atoms with E-state index in [9.17, 15) is 18.4 Å². The minimum atomic E-state index is -0.619. The number of rotatable bonds is 3. The van der Waals surface area contributed by atoms with Crippen LogP contribution in [0.4, 0.5) is 19.3 Å². The van der Waals surface area contributed by atoms with Crippen molar-refractivity contribution in [1.29, 1.82) is 0 Å². The highest BCUT2D eigenvalue weighted by Gasteiger charge is 2.29. The van der Waals surface area contributed by atoms with Gasteiger partial charge in [-0.2, -0.15) is 0 Å². The van der Waals surface area contributed by atoms with E-state index in [-0.39, 0.29) is 23.9 Å². The first-order chi connectivity index (χ1) is 12.0. The van der Waals surface area contributed by atoms with Crippen LogP contribution in [0.1, 0.15) is 23.2 Å². The van der Waals surface area contributed by atoms with Crippen LogP contribution in [0.25, 0.3) is 0 Å². The third-order valence-electron chi connectivity index (χ3n) is 4.22. The molecule has 0 saturated carbocycles. The second-order valence-corrected chi connectivity index (χ2v) is 5.94. The molecule has 1 saturated heterocycles. The Morgan fingerprint density at radius 2 is 1.92 bits per heavy atom. The van der Waals surface area contributed by atoms with Crippen LogP contribution in [0, 0.1) is 17.6 Å². The fraction of sp³-hybridized carbons (Fsp3) is 0.278. The number of nitrogens with zero attached hydrogens (tertiary/aromatic N) is 2. The molecule has 1 fully saturated rings. The highest BCUT2D eigenvalue weighted by atomic mass is 19.1. The third kappa shape index (κ3) is 3.99. The van der Waals surface area contributed by atoms with Gasteiger partial charge in [-0.15, -0.1) is 0 Å². The van der Waals surface area contributed by atoms with Crippen molar-refractivity contribution in [2.24, 2.45) is 5.92 Å². The molecule has 1 aliphatic rings. The molecule has 130 valence electrons. The number of ketones is 1. The fourth-order valence-electron chi connectivity index (χ4n) is 2.90. The van der Waals surface area contributed by atoms with Gasteiger partial charge in [0, 0.05) is 30.8 Å². The molecule has 0 spiro atoms. The first-order valence-electron chi connectivity index (χ1n) is 8.00. The lowest BCUT2D eigenvalue weighted by atomic mass is 9.90. The first-order valence-corrected chi connectivity index (χ1v) is 8.00. The Labute approximate surface area is 143 Å². The van der Waals surface area contributed by atoms with Crippen LogP contribution in [0.2, 0.25) is 0 Å². The van der Waals surface area contributed by atoms with Gasteiger partial charge in [-0.1, -0.05) is 0 Å². The summed E-state index contributed by atoms with van der Waals surface area (Å²) >= 11 is 0. The first kappa shape index (κ1) is 17.0. The topological polar surface area (TPSA) is 62.3 Å². The number of urea groups is 1. The van der Waals surface area contributed by atoms with Gasteiger partial charge in [0.05, 0.1) is 11.9 Å². The van der Waals surface area contributed by atoms with Crippen LogP contribution in [-0.4, -0.2) is 34.8 Å². The summed E-state index contributed by atoms with van der Waals surface area (Å²) in [7, 11) is 0. The molecule has 2 aromatic rings. The Bertz CT molecular complexity index is 780. The molecule has 0 bridgehead atoms. The summed E-state index contributed by atoms with van der Waals surface area (Å²) in [6, 6.07) is 6.30. The number of piperidine rings is 1. The Morgan fingerprint density at radius 1 is 1.16 bits per heavy atom. The van der Waals surface area contributed by atoms with Crippen LogP contribution in [0.15, 0.2) is 42.7 Å². The van der Waals surface area contributed by atoms with Crippen LogP contribution in [-0.2, 0) is 0 Å². The molecular formula is C18H17F2N3O2. The van der Waals surface area contributed by atoms with E-state index in [2.05, 4.69) is 10.3 Å². The SMILES string of the molecule is O=C(c1ccc(F)cc1)[C@@H]1CCCN(C(=O)Nc2ccncc2F)C1. The van der Waals surface area contributed by atoms with Gasteiger partial charge in [0.25, 0.3) is 0 Å². The van der Waals surface area contributed by atoms with Crippen molar-refractivity contribution >= 4 is 17.5 Å². The number of carbonyl (C=O) groups excluding carboxylic acids is 2. The van der Waals surface area contributed by atoms with E-state index < -0.39 is 17.7 Å². The van der Waals surface area contributed by atoms with Crippen molar-refractivity contribution in [2.45, 2.75) is 12.8 Å². The highest BCUT2D eigenvalue weighted by Crippen LogP contribution is 2.22. The van der Waals surface area contributed by atoms with E-state index >= 15 is 0 Å². The number of carbonyl (C=O) groups is 2. The predicted molar refractivity (Wildman–Crippen MR) is 88.2 cm³/mol. The van der Waals surface area contributed by atoms with Gasteiger partial charge < -0.3 is 10.2 Å². The molecule has 0 radical (unpaired) electrons. The van der Waals surface area contributed by atoms with Crippen LogP contribution >= 0.6 is 0 Å². The van der Waals surface area contributed by atoms with E-state index in [1.807, 2.05) is 0 Å². The Balaban J connectivity index is 1.66. The van der Waals surface area contributed by atoms with Crippen molar-refractivity contribution in [1.82, 2.24) is 9.88 Å². The zero-order valence-corrected chi connectivity index (χ0v) is 13.4. The summed E-state index contributed by atoms with van der Waals surface area (Å²) in [6.07, 6.45) is 3.73. The largest absolute Gasteiger partial charge is 0.324 e. The maximum atomic E-state index is 13.6. The monoisotopic (exact) mass is 345 g/mol. The summed E-state index contributed by atoms with van der Waals surface area (Å²) in [6.45, 7) is 0.737. The number of aromatic nitrogens is 1. The predicted octanol–water partition coefficient (Wildman–Crippen LogP) is 3.49. The average Bonchev–Trinajstić information content (AvgIpc) is 2.64. The van der Waals surface area contributed by atoms with Crippen molar-refractivity contribution in [3.8, 4) is 0 Å². The molecule has 1 atom stereocenters. The lowest BCUT2D eigenvalue weighted by Gasteiger charge is -2.32. The van der Waals surface area contributed by atoms with E-state index in [1.165, 1.54) is 41.4 Å². The molecule has 25 heavy (non-hydrogen) atoms. The van der Waals surface area contributed by atoms with Crippen molar-refractivity contribution in [3.63, 3.8) is 0 Å². The third-order valence-corrected chi connectivity index (χ3v) is 4.22. The molecule has 0 unspecified atom stereocenters. The normalized spacial score (nSPS) is 17.2. The van der Waals surface area contributed by atoms with Crippen molar-refractivity contribution < 1.29 is 18.4 Å². The number of likely N-dealkylation sites (tertiary alicyclic amines) is 1. The fourth-order valence-corrected chi connectivity index (χ4v) is 2.90. The molecule has 1 aromatic carbocycles. The number of pyridine rings is 1. The van der Waals surface area contributed by atoms with Crippen LogP contribution < -0.4 is 5.32 Å². The lowest BCUT2D eigenvalue weighted by Crippen LogP contribution is -2.44. The number of Topliss-reactive ketones (excluding diaryl/α,β-unsaturated/α-hetero) is 1. The number of nitrogens with one attached hydrogen (secondary N) is 1. The zero-order valence-electron chi connectivity index (χ0n) is 13.4. The number of benzene rings is 1. The minimum Gasteiger partial charge on any atom is -0.324 e. The van der Waals surface area contributed by atoms with Crippen LogP contribution in [0.5, 0.6) is 0 Å². The summed E-state index contributed by atoms with van der Waals surface area (Å²) in [5, 5.41) is 2.50. The van der Waals surface area contributed by atoms with Gasteiger partial charge in [0.2, 0.25) is 0 Å². The smallest absolute Gasteiger partial charge is 0.321 e. The molecule has 2 amide bonds. The van der Waals surface area contributed by atoms with E-state index in [0.29, 0.717) is 24.9 Å². The van der Waals surface area contributed by atoms with Gasteiger partial charge in [-0.25, -0.2) is 13.6 Å². The lowest BCUT2D eigenvalue weighted by molar-refractivity contribution is 0.0851. The van der Waals surface area contributed by atoms with E-state index in [1.54, 1.807) is 0 Å². The number of amides is 2. The number of halogens is 2.